The topological polar surface area (TPSA) is 58.2 Å². The molecule has 0 saturated carbocycles. The maximum Gasteiger partial charge on any atom is 0.269 e. The second-order valence-electron chi connectivity index (χ2n) is 6.44. The highest BCUT2D eigenvalue weighted by Crippen LogP contribution is 2.36. The Bertz CT molecular complexity index is 1080. The SMILES string of the molecule is C=CCNC(=O)/C(NC(=O)c1ccccc1)=C(/Sc1ccc(Cl)cc1)c1ccccc1. The van der Waals surface area contributed by atoms with Crippen LogP contribution in [0.25, 0.3) is 4.91 Å². The third-order valence-electron chi connectivity index (χ3n) is 4.21. The third kappa shape index (κ3) is 6.35. The Kier molecular flexibility index (Phi) is 8.10. The van der Waals surface area contributed by atoms with Crippen molar-refractivity contribution in [3.63, 3.8) is 0 Å². The van der Waals surface area contributed by atoms with Crippen LogP contribution < -0.4 is 10.6 Å². The van der Waals surface area contributed by atoms with Gasteiger partial charge in [-0.05, 0) is 42.0 Å². The minimum Gasteiger partial charge on any atom is -0.347 e. The van der Waals surface area contributed by atoms with E-state index in [2.05, 4.69) is 17.2 Å². The van der Waals surface area contributed by atoms with Crippen LogP contribution in [-0.2, 0) is 4.79 Å². The lowest BCUT2D eigenvalue weighted by Crippen LogP contribution is -2.35. The number of thioether (sulfide) groups is 1. The van der Waals surface area contributed by atoms with Crippen molar-refractivity contribution < 1.29 is 9.59 Å². The Balaban J connectivity index is 2.08. The van der Waals surface area contributed by atoms with Crippen LogP contribution in [0.2, 0.25) is 5.02 Å². The molecule has 0 heterocycles. The molecule has 0 atom stereocenters. The van der Waals surface area contributed by atoms with Gasteiger partial charge in [-0.25, -0.2) is 0 Å². The summed E-state index contributed by atoms with van der Waals surface area (Å²) in [6, 6.07) is 25.5. The minimum absolute atomic E-state index is 0.168. The fourth-order valence-electron chi connectivity index (χ4n) is 2.71. The van der Waals surface area contributed by atoms with Gasteiger partial charge in [-0.1, -0.05) is 78.0 Å². The van der Waals surface area contributed by atoms with E-state index in [0.717, 1.165) is 10.5 Å². The fraction of sp³-hybridized carbons (Fsp3) is 0.0400. The molecule has 0 aliphatic carbocycles. The van der Waals surface area contributed by atoms with Crippen molar-refractivity contribution in [2.75, 3.05) is 6.54 Å². The molecule has 0 fully saturated rings. The Morgan fingerprint density at radius 1 is 0.871 bits per heavy atom. The van der Waals surface area contributed by atoms with Crippen LogP contribution in [0.3, 0.4) is 0 Å². The normalized spacial score (nSPS) is 11.3. The van der Waals surface area contributed by atoms with Crippen LogP contribution in [0.4, 0.5) is 0 Å². The van der Waals surface area contributed by atoms with Gasteiger partial charge < -0.3 is 10.6 Å². The summed E-state index contributed by atoms with van der Waals surface area (Å²) >= 11 is 7.40. The van der Waals surface area contributed by atoms with Gasteiger partial charge in [0, 0.05) is 26.9 Å². The monoisotopic (exact) mass is 448 g/mol. The molecule has 4 nitrogen and oxygen atoms in total. The zero-order valence-electron chi connectivity index (χ0n) is 16.7. The Labute approximate surface area is 191 Å². The van der Waals surface area contributed by atoms with Gasteiger partial charge in [0.1, 0.15) is 5.70 Å². The molecule has 3 aromatic carbocycles. The van der Waals surface area contributed by atoms with E-state index >= 15 is 0 Å². The van der Waals surface area contributed by atoms with Crippen molar-refractivity contribution in [1.29, 1.82) is 0 Å². The number of amides is 2. The molecule has 0 unspecified atom stereocenters. The first kappa shape index (κ1) is 22.4. The third-order valence-corrected chi connectivity index (χ3v) is 5.61. The molecular weight excluding hydrogens is 428 g/mol. The minimum atomic E-state index is -0.399. The van der Waals surface area contributed by atoms with Gasteiger partial charge >= 0.3 is 0 Å². The summed E-state index contributed by atoms with van der Waals surface area (Å²) in [6.07, 6.45) is 1.59. The van der Waals surface area contributed by atoms with E-state index < -0.39 is 5.91 Å². The molecule has 2 amide bonds. The van der Waals surface area contributed by atoms with Gasteiger partial charge in [0.25, 0.3) is 11.8 Å². The molecule has 3 aromatic rings. The van der Waals surface area contributed by atoms with E-state index in [9.17, 15) is 9.59 Å². The largest absolute Gasteiger partial charge is 0.347 e. The average Bonchev–Trinajstić information content (AvgIpc) is 2.82. The molecule has 0 bridgehead atoms. The summed E-state index contributed by atoms with van der Waals surface area (Å²) in [7, 11) is 0. The maximum atomic E-state index is 13.1. The summed E-state index contributed by atoms with van der Waals surface area (Å²) in [5.74, 6) is -0.765. The number of carbonyl (C=O) groups is 2. The van der Waals surface area contributed by atoms with Gasteiger partial charge in [0.15, 0.2) is 0 Å². The summed E-state index contributed by atoms with van der Waals surface area (Å²) < 4.78 is 0. The number of hydrogen-bond donors (Lipinski definition) is 2. The zero-order valence-corrected chi connectivity index (χ0v) is 18.2. The van der Waals surface area contributed by atoms with Crippen molar-refractivity contribution in [2.24, 2.45) is 0 Å². The average molecular weight is 449 g/mol. The Morgan fingerprint density at radius 3 is 2.03 bits per heavy atom. The lowest BCUT2D eigenvalue weighted by atomic mass is 10.1. The first-order chi connectivity index (χ1) is 15.1. The molecule has 6 heteroatoms. The van der Waals surface area contributed by atoms with Crippen molar-refractivity contribution in [3.8, 4) is 0 Å². The molecule has 3 rings (SSSR count). The summed E-state index contributed by atoms with van der Waals surface area (Å²) in [4.78, 5) is 27.5. The predicted molar refractivity (Wildman–Crippen MR) is 128 cm³/mol. The molecule has 0 aromatic heterocycles. The van der Waals surface area contributed by atoms with Crippen molar-refractivity contribution in [3.05, 3.63) is 119 Å². The lowest BCUT2D eigenvalue weighted by molar-refractivity contribution is -0.117. The first-order valence-corrected chi connectivity index (χ1v) is 10.8. The van der Waals surface area contributed by atoms with Gasteiger partial charge in [-0.3, -0.25) is 9.59 Å². The van der Waals surface area contributed by atoms with Crippen LogP contribution in [0.1, 0.15) is 15.9 Å². The second kappa shape index (κ2) is 11.2. The number of halogens is 1. The number of carbonyl (C=O) groups excluding carboxylic acids is 2. The van der Waals surface area contributed by atoms with E-state index in [1.165, 1.54) is 11.8 Å². The number of benzene rings is 3. The predicted octanol–water partition coefficient (Wildman–Crippen LogP) is 5.53. The van der Waals surface area contributed by atoms with Gasteiger partial charge in [-0.15, -0.1) is 6.58 Å². The Morgan fingerprint density at radius 2 is 1.45 bits per heavy atom. The summed E-state index contributed by atoms with van der Waals surface area (Å²) in [6.45, 7) is 3.92. The van der Waals surface area contributed by atoms with Gasteiger partial charge in [-0.2, -0.15) is 0 Å². The van der Waals surface area contributed by atoms with Gasteiger partial charge in [0.05, 0.1) is 0 Å². The molecular formula is C25H21ClN2O2S. The number of rotatable bonds is 8. The lowest BCUT2D eigenvalue weighted by Gasteiger charge is -2.16. The first-order valence-electron chi connectivity index (χ1n) is 9.57. The summed E-state index contributed by atoms with van der Waals surface area (Å²) in [5.41, 5.74) is 1.43. The van der Waals surface area contributed by atoms with Crippen LogP contribution in [0, 0.1) is 0 Å². The van der Waals surface area contributed by atoms with E-state index in [1.54, 1.807) is 42.5 Å². The zero-order chi connectivity index (χ0) is 22.1. The molecule has 0 radical (unpaired) electrons. The van der Waals surface area contributed by atoms with E-state index in [4.69, 9.17) is 11.6 Å². The van der Waals surface area contributed by atoms with E-state index in [-0.39, 0.29) is 18.1 Å². The Hall–Kier alpha value is -3.28. The molecule has 31 heavy (non-hydrogen) atoms. The molecule has 0 spiro atoms. The highest BCUT2D eigenvalue weighted by atomic mass is 35.5. The molecule has 0 aliphatic heterocycles. The number of nitrogens with one attached hydrogen (secondary N) is 2. The molecule has 0 saturated heterocycles. The van der Waals surface area contributed by atoms with Crippen molar-refractivity contribution >= 4 is 40.1 Å². The van der Waals surface area contributed by atoms with E-state index in [1.807, 2.05) is 48.5 Å². The standard InChI is InChI=1S/C25H21ClN2O2S/c1-2-17-27-25(30)22(28-24(29)19-11-7-4-8-12-19)23(18-9-5-3-6-10-18)31-21-15-13-20(26)14-16-21/h2-16H,1,17H2,(H,27,30)(H,28,29)/b23-22-. The smallest absolute Gasteiger partial charge is 0.269 e. The quantitative estimate of drug-likeness (QED) is 0.270. The fourth-order valence-corrected chi connectivity index (χ4v) is 3.84. The van der Waals surface area contributed by atoms with Crippen LogP contribution in [0.5, 0.6) is 0 Å². The van der Waals surface area contributed by atoms with Crippen molar-refractivity contribution in [2.45, 2.75) is 4.90 Å². The van der Waals surface area contributed by atoms with Gasteiger partial charge in [0.2, 0.25) is 0 Å². The highest BCUT2D eigenvalue weighted by molar-refractivity contribution is 8.08. The van der Waals surface area contributed by atoms with Crippen molar-refractivity contribution in [1.82, 2.24) is 10.6 Å². The van der Waals surface area contributed by atoms with Crippen LogP contribution >= 0.6 is 23.4 Å². The second-order valence-corrected chi connectivity index (χ2v) is 7.97. The van der Waals surface area contributed by atoms with E-state index in [0.29, 0.717) is 15.5 Å². The number of hydrogen-bond acceptors (Lipinski definition) is 3. The molecule has 0 aliphatic rings. The molecule has 156 valence electrons. The maximum absolute atomic E-state index is 13.1. The van der Waals surface area contributed by atoms with Crippen LogP contribution in [0.15, 0.2) is 108 Å². The van der Waals surface area contributed by atoms with Crippen LogP contribution in [-0.4, -0.2) is 18.4 Å². The highest BCUT2D eigenvalue weighted by Gasteiger charge is 2.21. The molecule has 2 N–H and O–H groups in total. The summed E-state index contributed by atoms with van der Waals surface area (Å²) in [5, 5.41) is 6.21.